The number of hydrogen-bond donors (Lipinski definition) is 1. The summed E-state index contributed by atoms with van der Waals surface area (Å²) in [6.07, 6.45) is 7.48. The van der Waals surface area contributed by atoms with Crippen LogP contribution in [-0.4, -0.2) is 36.1 Å². The van der Waals surface area contributed by atoms with E-state index in [9.17, 15) is 9.90 Å². The van der Waals surface area contributed by atoms with Gasteiger partial charge in [-0.15, -0.1) is 0 Å². The van der Waals surface area contributed by atoms with E-state index in [-0.39, 0.29) is 11.7 Å². The SMILES string of the molecule is COc1cc(C(=O)N2CCC(C/C=C/c3ccccc3)CC2)ccc1O. The first kappa shape index (κ1) is 18.1. The molecule has 0 bridgehead atoms. The second kappa shape index (κ2) is 8.56. The van der Waals surface area contributed by atoms with Crippen molar-refractivity contribution >= 4 is 12.0 Å². The van der Waals surface area contributed by atoms with E-state index in [1.165, 1.54) is 18.7 Å². The number of allylic oxidation sites excluding steroid dienone is 1. The molecule has 1 aliphatic heterocycles. The average molecular weight is 351 g/mol. The number of phenols is 1. The maximum Gasteiger partial charge on any atom is 0.253 e. The van der Waals surface area contributed by atoms with Gasteiger partial charge in [-0.25, -0.2) is 0 Å². The molecule has 2 aromatic rings. The summed E-state index contributed by atoms with van der Waals surface area (Å²) >= 11 is 0. The fraction of sp³-hybridized carbons (Fsp3) is 0.318. The Morgan fingerprint density at radius 1 is 1.19 bits per heavy atom. The van der Waals surface area contributed by atoms with Gasteiger partial charge in [0.25, 0.3) is 5.91 Å². The Morgan fingerprint density at radius 2 is 1.92 bits per heavy atom. The highest BCUT2D eigenvalue weighted by atomic mass is 16.5. The number of hydrogen-bond acceptors (Lipinski definition) is 3. The number of piperidine rings is 1. The van der Waals surface area contributed by atoms with E-state index in [1.54, 1.807) is 12.1 Å². The lowest BCUT2D eigenvalue weighted by atomic mass is 9.92. The summed E-state index contributed by atoms with van der Waals surface area (Å²) in [5.74, 6) is 1.000. The maximum atomic E-state index is 12.7. The number of likely N-dealkylation sites (tertiary alicyclic amines) is 1. The summed E-state index contributed by atoms with van der Waals surface area (Å²) in [7, 11) is 1.48. The molecule has 0 saturated carbocycles. The molecule has 1 N–H and O–H groups in total. The standard InChI is InChI=1S/C22H25NO3/c1-26-21-16-19(10-11-20(21)24)22(25)23-14-12-18(13-15-23)9-5-8-17-6-3-2-4-7-17/h2-8,10-11,16,18,24H,9,12-15H2,1H3/b8-5+. The van der Waals surface area contributed by atoms with Crippen molar-refractivity contribution in [1.82, 2.24) is 4.90 Å². The van der Waals surface area contributed by atoms with E-state index >= 15 is 0 Å². The van der Waals surface area contributed by atoms with Crippen molar-refractivity contribution in [3.63, 3.8) is 0 Å². The third-order valence-corrected chi connectivity index (χ3v) is 4.91. The summed E-state index contributed by atoms with van der Waals surface area (Å²) in [6, 6.07) is 15.1. The van der Waals surface area contributed by atoms with Crippen molar-refractivity contribution in [3.8, 4) is 11.5 Å². The molecular weight excluding hydrogens is 326 g/mol. The fourth-order valence-electron chi connectivity index (χ4n) is 3.33. The van der Waals surface area contributed by atoms with Crippen LogP contribution in [0.4, 0.5) is 0 Å². The number of phenolic OH excluding ortho intramolecular Hbond substituents is 1. The Hall–Kier alpha value is -2.75. The molecule has 1 saturated heterocycles. The number of amides is 1. The maximum absolute atomic E-state index is 12.7. The third-order valence-electron chi connectivity index (χ3n) is 4.91. The van der Waals surface area contributed by atoms with Crippen molar-refractivity contribution in [3.05, 3.63) is 65.7 Å². The second-order valence-corrected chi connectivity index (χ2v) is 6.67. The van der Waals surface area contributed by atoms with Gasteiger partial charge in [-0.05, 0) is 48.9 Å². The number of ether oxygens (including phenoxy) is 1. The fourth-order valence-corrected chi connectivity index (χ4v) is 3.33. The molecule has 136 valence electrons. The Balaban J connectivity index is 1.51. The van der Waals surface area contributed by atoms with Crippen molar-refractivity contribution < 1.29 is 14.6 Å². The zero-order chi connectivity index (χ0) is 18.4. The van der Waals surface area contributed by atoms with Crippen molar-refractivity contribution in [2.45, 2.75) is 19.3 Å². The molecule has 1 amide bonds. The lowest BCUT2D eigenvalue weighted by molar-refractivity contribution is 0.0691. The minimum Gasteiger partial charge on any atom is -0.504 e. The highest BCUT2D eigenvalue weighted by Gasteiger charge is 2.23. The Morgan fingerprint density at radius 3 is 2.62 bits per heavy atom. The number of rotatable bonds is 5. The molecule has 1 heterocycles. The van der Waals surface area contributed by atoms with Crippen LogP contribution in [0.1, 0.15) is 35.2 Å². The normalized spacial score (nSPS) is 15.3. The first-order valence-electron chi connectivity index (χ1n) is 9.05. The molecule has 0 spiro atoms. The summed E-state index contributed by atoms with van der Waals surface area (Å²) in [4.78, 5) is 14.6. The predicted octanol–water partition coefficient (Wildman–Crippen LogP) is 4.36. The van der Waals surface area contributed by atoms with Crippen LogP contribution in [0.3, 0.4) is 0 Å². The van der Waals surface area contributed by atoms with E-state index in [0.29, 0.717) is 17.2 Å². The molecule has 1 fully saturated rings. The third kappa shape index (κ3) is 4.45. The van der Waals surface area contributed by atoms with Crippen LogP contribution < -0.4 is 4.74 Å². The average Bonchev–Trinajstić information content (AvgIpc) is 2.69. The molecule has 4 nitrogen and oxygen atoms in total. The summed E-state index contributed by atoms with van der Waals surface area (Å²) in [5.41, 5.74) is 1.78. The van der Waals surface area contributed by atoms with Crippen LogP contribution in [0, 0.1) is 5.92 Å². The first-order chi connectivity index (χ1) is 12.7. The number of benzene rings is 2. The van der Waals surface area contributed by atoms with Gasteiger partial charge >= 0.3 is 0 Å². The molecule has 1 aliphatic rings. The number of methoxy groups -OCH3 is 1. The lowest BCUT2D eigenvalue weighted by Crippen LogP contribution is -2.38. The van der Waals surface area contributed by atoms with Gasteiger partial charge in [0.1, 0.15) is 0 Å². The molecule has 0 aromatic heterocycles. The van der Waals surface area contributed by atoms with Crippen LogP contribution in [0.25, 0.3) is 6.08 Å². The number of aromatic hydroxyl groups is 1. The van der Waals surface area contributed by atoms with Crippen LogP contribution in [-0.2, 0) is 0 Å². The van der Waals surface area contributed by atoms with Gasteiger partial charge in [-0.1, -0.05) is 42.5 Å². The van der Waals surface area contributed by atoms with Crippen molar-refractivity contribution in [1.29, 1.82) is 0 Å². The van der Waals surface area contributed by atoms with Crippen LogP contribution in [0.15, 0.2) is 54.6 Å². The number of carbonyl (C=O) groups is 1. The van der Waals surface area contributed by atoms with Gasteiger partial charge in [0.05, 0.1) is 7.11 Å². The molecule has 0 atom stereocenters. The first-order valence-corrected chi connectivity index (χ1v) is 9.05. The summed E-state index contributed by atoms with van der Waals surface area (Å²) < 4.78 is 5.09. The van der Waals surface area contributed by atoms with Crippen LogP contribution in [0.5, 0.6) is 11.5 Å². The van der Waals surface area contributed by atoms with Crippen molar-refractivity contribution in [2.24, 2.45) is 5.92 Å². The largest absolute Gasteiger partial charge is 0.504 e. The van der Waals surface area contributed by atoms with Crippen LogP contribution >= 0.6 is 0 Å². The van der Waals surface area contributed by atoms with Crippen LogP contribution in [0.2, 0.25) is 0 Å². The van der Waals surface area contributed by atoms with Gasteiger partial charge in [-0.3, -0.25) is 4.79 Å². The molecule has 4 heteroatoms. The molecule has 0 radical (unpaired) electrons. The molecule has 26 heavy (non-hydrogen) atoms. The Labute approximate surface area is 154 Å². The highest BCUT2D eigenvalue weighted by Crippen LogP contribution is 2.28. The van der Waals surface area contributed by atoms with E-state index in [2.05, 4.69) is 24.3 Å². The monoisotopic (exact) mass is 351 g/mol. The second-order valence-electron chi connectivity index (χ2n) is 6.67. The summed E-state index contributed by atoms with van der Waals surface area (Å²) in [6.45, 7) is 1.54. The zero-order valence-electron chi connectivity index (χ0n) is 15.1. The zero-order valence-corrected chi connectivity index (χ0v) is 15.1. The van der Waals surface area contributed by atoms with E-state index in [1.807, 2.05) is 23.1 Å². The lowest BCUT2D eigenvalue weighted by Gasteiger charge is -2.31. The van der Waals surface area contributed by atoms with E-state index in [0.717, 1.165) is 32.4 Å². The highest BCUT2D eigenvalue weighted by molar-refractivity contribution is 5.95. The Bertz CT molecular complexity index is 762. The molecule has 0 unspecified atom stereocenters. The molecule has 3 rings (SSSR count). The van der Waals surface area contributed by atoms with Gasteiger partial charge in [-0.2, -0.15) is 0 Å². The molecular formula is C22H25NO3. The molecule has 2 aromatic carbocycles. The topological polar surface area (TPSA) is 49.8 Å². The molecule has 0 aliphatic carbocycles. The summed E-state index contributed by atoms with van der Waals surface area (Å²) in [5, 5.41) is 9.67. The minimum absolute atomic E-state index is 0.00146. The van der Waals surface area contributed by atoms with Gasteiger partial charge in [0.15, 0.2) is 11.5 Å². The quantitative estimate of drug-likeness (QED) is 0.871. The number of carbonyl (C=O) groups excluding carboxylic acids is 1. The smallest absolute Gasteiger partial charge is 0.253 e. The van der Waals surface area contributed by atoms with Crippen molar-refractivity contribution in [2.75, 3.05) is 20.2 Å². The van der Waals surface area contributed by atoms with Gasteiger partial charge < -0.3 is 14.7 Å². The number of nitrogens with zero attached hydrogens (tertiary/aromatic N) is 1. The van der Waals surface area contributed by atoms with E-state index in [4.69, 9.17) is 4.74 Å². The van der Waals surface area contributed by atoms with Gasteiger partial charge in [0.2, 0.25) is 0 Å². The Kier molecular flexibility index (Phi) is 5.95. The van der Waals surface area contributed by atoms with Gasteiger partial charge in [0, 0.05) is 18.7 Å². The van der Waals surface area contributed by atoms with E-state index < -0.39 is 0 Å². The predicted molar refractivity (Wildman–Crippen MR) is 103 cm³/mol. The minimum atomic E-state index is 0.00146.